The van der Waals surface area contributed by atoms with Crippen LogP contribution in [-0.2, 0) is 19.2 Å². The number of carbonyl (C=O) groups is 3. The Morgan fingerprint density at radius 2 is 1.19 bits per heavy atom. The van der Waals surface area contributed by atoms with Crippen molar-refractivity contribution in [2.45, 2.75) is 109 Å². The van der Waals surface area contributed by atoms with Gasteiger partial charge < -0.3 is 30.8 Å². The molecule has 4 aromatic rings. The average Bonchev–Trinajstić information content (AvgIpc) is 3.91. The topological polar surface area (TPSA) is 185 Å². The van der Waals surface area contributed by atoms with Gasteiger partial charge in [0, 0.05) is 41.8 Å². The maximum Gasteiger partial charge on any atom is 0.348 e. The van der Waals surface area contributed by atoms with E-state index in [9.17, 15) is 19.5 Å². The van der Waals surface area contributed by atoms with E-state index < -0.39 is 18.0 Å². The molecule has 58 heavy (non-hydrogen) atoms. The maximum absolute atomic E-state index is 12.5. The van der Waals surface area contributed by atoms with Crippen molar-refractivity contribution >= 4 is 35.7 Å². The minimum atomic E-state index is -1.05. The molecule has 11 nitrogen and oxygen atoms in total. The Kier molecular flexibility index (Phi) is 18.6. The Bertz CT molecular complexity index is 1980. The second kappa shape index (κ2) is 24.1. The molecule has 0 radical (unpaired) electrons. The number of oxime groups is 1. The lowest BCUT2D eigenvalue weighted by atomic mass is 10.0. The number of aromatic amines is 1. The fourth-order valence-electron chi connectivity index (χ4n) is 6.87. The SMILES string of the molecule is CCCCCCCCCCCCCCCCNC(=O)/C=C\c1ccc(-c2nc(-c3ccc(C4=NOC(C(=O)O)C4)cc3)[nH]c2-c2ccc(/C=C/C(=O)O)cc2)cc1.O. The molecular formula is C47H58N4O7. The number of H-pyrrole nitrogens is 1. The predicted molar refractivity (Wildman–Crippen MR) is 231 cm³/mol. The molecule has 2 heterocycles. The summed E-state index contributed by atoms with van der Waals surface area (Å²) in [5.74, 6) is -1.53. The van der Waals surface area contributed by atoms with E-state index in [4.69, 9.17) is 14.9 Å². The summed E-state index contributed by atoms with van der Waals surface area (Å²) in [6, 6.07) is 22.9. The predicted octanol–water partition coefficient (Wildman–Crippen LogP) is 9.87. The number of amides is 1. The lowest BCUT2D eigenvalue weighted by Gasteiger charge is -2.05. The van der Waals surface area contributed by atoms with Crippen molar-refractivity contribution in [3.05, 3.63) is 102 Å². The summed E-state index contributed by atoms with van der Waals surface area (Å²) in [4.78, 5) is 48.4. The van der Waals surface area contributed by atoms with E-state index in [1.807, 2.05) is 78.9 Å². The highest BCUT2D eigenvalue weighted by Crippen LogP contribution is 2.34. The Hall–Kier alpha value is -5.81. The van der Waals surface area contributed by atoms with Crippen molar-refractivity contribution in [1.29, 1.82) is 0 Å². The number of imidazole rings is 1. The van der Waals surface area contributed by atoms with Crippen LogP contribution in [0.1, 0.15) is 120 Å². The zero-order valence-electron chi connectivity index (χ0n) is 33.6. The third-order valence-corrected chi connectivity index (χ3v) is 10.2. The van der Waals surface area contributed by atoms with Gasteiger partial charge in [0.1, 0.15) is 5.82 Å². The first-order chi connectivity index (χ1) is 27.8. The van der Waals surface area contributed by atoms with E-state index in [-0.39, 0.29) is 17.8 Å². The minimum Gasteiger partial charge on any atom is -0.478 e. The van der Waals surface area contributed by atoms with Crippen LogP contribution >= 0.6 is 0 Å². The number of carboxylic acid groups (broad SMARTS) is 2. The second-order valence-corrected chi connectivity index (χ2v) is 14.7. The van der Waals surface area contributed by atoms with Gasteiger partial charge >= 0.3 is 11.9 Å². The van der Waals surface area contributed by atoms with Gasteiger partial charge in [-0.2, -0.15) is 0 Å². The fraction of sp³-hybridized carbons (Fsp3) is 0.383. The van der Waals surface area contributed by atoms with Gasteiger partial charge in [-0.1, -0.05) is 168 Å². The van der Waals surface area contributed by atoms with Gasteiger partial charge in [0.15, 0.2) is 0 Å². The van der Waals surface area contributed by atoms with Crippen LogP contribution in [0.5, 0.6) is 0 Å². The van der Waals surface area contributed by atoms with Crippen LogP contribution in [-0.4, -0.2) is 61.9 Å². The third kappa shape index (κ3) is 14.3. The number of nitrogens with zero attached hydrogens (tertiary/aromatic N) is 2. The van der Waals surface area contributed by atoms with Crippen LogP contribution in [0.25, 0.3) is 46.1 Å². The number of unbranched alkanes of at least 4 members (excludes halogenated alkanes) is 13. The lowest BCUT2D eigenvalue weighted by Crippen LogP contribution is -2.21. The van der Waals surface area contributed by atoms with Gasteiger partial charge in [0.25, 0.3) is 0 Å². The lowest BCUT2D eigenvalue weighted by molar-refractivity contribution is -0.148. The molecule has 1 aromatic heterocycles. The Morgan fingerprint density at radius 3 is 1.72 bits per heavy atom. The average molecular weight is 791 g/mol. The second-order valence-electron chi connectivity index (χ2n) is 14.7. The fourth-order valence-corrected chi connectivity index (χ4v) is 6.87. The molecule has 0 fully saturated rings. The van der Waals surface area contributed by atoms with E-state index in [0.717, 1.165) is 63.7 Å². The molecule has 6 N–H and O–H groups in total. The highest BCUT2D eigenvalue weighted by Gasteiger charge is 2.28. The van der Waals surface area contributed by atoms with Gasteiger partial charge in [-0.15, -0.1) is 0 Å². The summed E-state index contributed by atoms with van der Waals surface area (Å²) in [5, 5.41) is 25.3. The van der Waals surface area contributed by atoms with Gasteiger partial charge in [0.05, 0.1) is 17.1 Å². The molecule has 0 saturated heterocycles. The van der Waals surface area contributed by atoms with Crippen molar-refractivity contribution in [2.24, 2.45) is 5.16 Å². The van der Waals surface area contributed by atoms with Crippen LogP contribution in [0.15, 0.2) is 90.1 Å². The summed E-state index contributed by atoms with van der Waals surface area (Å²) in [6.45, 7) is 2.94. The first kappa shape index (κ1) is 44.9. The molecule has 0 bridgehead atoms. The molecule has 1 aliphatic heterocycles. The van der Waals surface area contributed by atoms with Gasteiger partial charge in [-0.05, 0) is 35.3 Å². The smallest absolute Gasteiger partial charge is 0.348 e. The van der Waals surface area contributed by atoms with E-state index >= 15 is 0 Å². The molecule has 0 spiro atoms. The standard InChI is InChI=1S/C47H56N4O6.H2O/c1-2-3-4-5-6-7-8-9-10-11-12-13-14-15-32-48-42(52)30-20-34-16-22-37(23-17-34)44-45(38-24-18-35(19-25-38)21-31-43(53)54)50-46(49-44)39-28-26-36(27-29-39)40-33-41(47(55)56)57-51-40;/h16-31,41H,2-15,32-33H2,1H3,(H,48,52)(H,49,50)(H,53,54)(H,55,56);1H2/b30-20-,31-21+;. The summed E-state index contributed by atoms with van der Waals surface area (Å²) < 4.78 is 0. The van der Waals surface area contributed by atoms with Crippen LogP contribution in [0, 0.1) is 0 Å². The third-order valence-electron chi connectivity index (χ3n) is 10.2. The Morgan fingerprint density at radius 1 is 0.690 bits per heavy atom. The summed E-state index contributed by atoms with van der Waals surface area (Å²) in [6.07, 6.45) is 23.5. The molecule has 1 unspecified atom stereocenters. The summed E-state index contributed by atoms with van der Waals surface area (Å²) in [7, 11) is 0. The van der Waals surface area contributed by atoms with Crippen molar-refractivity contribution in [2.75, 3.05) is 6.54 Å². The van der Waals surface area contributed by atoms with Crippen LogP contribution < -0.4 is 5.32 Å². The van der Waals surface area contributed by atoms with E-state index in [0.29, 0.717) is 18.1 Å². The molecule has 11 heteroatoms. The minimum absolute atomic E-state index is 0. The molecule has 308 valence electrons. The number of aromatic nitrogens is 2. The Balaban J connectivity index is 0.00000744. The van der Waals surface area contributed by atoms with Crippen molar-refractivity contribution < 1.29 is 34.9 Å². The first-order valence-electron chi connectivity index (χ1n) is 20.5. The molecule has 3 aromatic carbocycles. The van der Waals surface area contributed by atoms with Crippen molar-refractivity contribution in [3.8, 4) is 33.9 Å². The van der Waals surface area contributed by atoms with E-state index in [1.54, 1.807) is 12.2 Å². The molecule has 0 aliphatic carbocycles. The number of aliphatic carboxylic acids is 2. The number of carbonyl (C=O) groups excluding carboxylic acids is 1. The number of hydrogen-bond donors (Lipinski definition) is 4. The molecule has 1 amide bonds. The van der Waals surface area contributed by atoms with Crippen LogP contribution in [0.2, 0.25) is 0 Å². The number of rotatable bonds is 24. The molecule has 1 aliphatic rings. The zero-order chi connectivity index (χ0) is 40.2. The number of hydrogen-bond acceptors (Lipinski definition) is 6. The molecule has 0 saturated carbocycles. The van der Waals surface area contributed by atoms with Crippen molar-refractivity contribution in [1.82, 2.24) is 15.3 Å². The normalized spacial score (nSPS) is 13.7. The number of carboxylic acids is 2. The monoisotopic (exact) mass is 790 g/mol. The quantitative estimate of drug-likeness (QED) is 0.0402. The summed E-state index contributed by atoms with van der Waals surface area (Å²) in [5.41, 5.74) is 7.05. The Labute approximate surface area is 341 Å². The van der Waals surface area contributed by atoms with Crippen LogP contribution in [0.4, 0.5) is 0 Å². The highest BCUT2D eigenvalue weighted by molar-refractivity contribution is 6.03. The van der Waals surface area contributed by atoms with E-state index in [2.05, 4.69) is 22.4 Å². The zero-order valence-corrected chi connectivity index (χ0v) is 33.6. The van der Waals surface area contributed by atoms with E-state index in [1.165, 1.54) is 77.0 Å². The highest BCUT2D eigenvalue weighted by atomic mass is 16.7. The molecule has 1 atom stereocenters. The number of nitrogens with one attached hydrogen (secondary N) is 2. The first-order valence-corrected chi connectivity index (χ1v) is 20.5. The molecule has 5 rings (SSSR count). The van der Waals surface area contributed by atoms with Crippen molar-refractivity contribution in [3.63, 3.8) is 0 Å². The molecular weight excluding hydrogens is 733 g/mol. The van der Waals surface area contributed by atoms with Gasteiger partial charge in [-0.3, -0.25) is 4.79 Å². The summed E-state index contributed by atoms with van der Waals surface area (Å²) >= 11 is 0. The number of benzene rings is 3. The van der Waals surface area contributed by atoms with Gasteiger partial charge in [-0.25, -0.2) is 14.6 Å². The van der Waals surface area contributed by atoms with Gasteiger partial charge in [0.2, 0.25) is 12.0 Å². The largest absolute Gasteiger partial charge is 0.478 e. The maximum atomic E-state index is 12.5. The van der Waals surface area contributed by atoms with Crippen LogP contribution in [0.3, 0.4) is 0 Å².